The number of benzene rings is 1. The number of nitrogens with zero attached hydrogens (tertiary/aromatic N) is 1. The molecule has 0 bridgehead atoms. The molecule has 0 spiro atoms. The normalized spacial score (nSPS) is 20.9. The third-order valence-electron chi connectivity index (χ3n) is 4.03. The summed E-state index contributed by atoms with van der Waals surface area (Å²) in [5, 5.41) is 1.09. The third-order valence-corrected chi connectivity index (χ3v) is 4.86. The highest BCUT2D eigenvalue weighted by atomic mass is 79.9. The summed E-state index contributed by atoms with van der Waals surface area (Å²) in [6.07, 6.45) is 1.23. The van der Waals surface area contributed by atoms with E-state index in [4.69, 9.17) is 0 Å². The lowest BCUT2D eigenvalue weighted by molar-refractivity contribution is 0.407. The fraction of sp³-hybridized carbons (Fsp3) is 0.625. The molecular formula is C16H24BrN. The minimum absolute atomic E-state index is 0.725. The molecule has 0 aliphatic carbocycles. The van der Waals surface area contributed by atoms with Gasteiger partial charge in [0.1, 0.15) is 0 Å². The molecule has 1 aliphatic heterocycles. The number of anilines is 1. The van der Waals surface area contributed by atoms with E-state index in [2.05, 4.69) is 65.9 Å². The molecule has 2 rings (SSSR count). The molecule has 2 heteroatoms. The Bertz CT molecular complexity index is 388. The van der Waals surface area contributed by atoms with Crippen LogP contribution in [0.1, 0.15) is 26.3 Å². The van der Waals surface area contributed by atoms with Crippen LogP contribution < -0.4 is 4.90 Å². The van der Waals surface area contributed by atoms with Crippen molar-refractivity contribution in [2.75, 3.05) is 23.3 Å². The van der Waals surface area contributed by atoms with Gasteiger partial charge in [0, 0.05) is 24.1 Å². The van der Waals surface area contributed by atoms with Gasteiger partial charge < -0.3 is 4.90 Å². The minimum Gasteiger partial charge on any atom is -0.371 e. The average molecular weight is 310 g/mol. The Hall–Kier alpha value is -0.500. The van der Waals surface area contributed by atoms with Crippen LogP contribution in [0.25, 0.3) is 0 Å². The molecule has 100 valence electrons. The summed E-state index contributed by atoms with van der Waals surface area (Å²) in [4.78, 5) is 2.59. The highest BCUT2D eigenvalue weighted by Crippen LogP contribution is 2.31. The molecule has 1 aliphatic rings. The van der Waals surface area contributed by atoms with Gasteiger partial charge in [-0.2, -0.15) is 0 Å². The third kappa shape index (κ3) is 3.09. The maximum atomic E-state index is 3.67. The second-order valence-electron chi connectivity index (χ2n) is 6.00. The van der Waals surface area contributed by atoms with E-state index in [0.29, 0.717) is 0 Å². The Morgan fingerprint density at radius 3 is 2.72 bits per heavy atom. The molecule has 0 N–H and O–H groups in total. The van der Waals surface area contributed by atoms with Crippen LogP contribution in [0.15, 0.2) is 24.3 Å². The zero-order chi connectivity index (χ0) is 13.1. The molecule has 1 nitrogen and oxygen atoms in total. The van der Waals surface area contributed by atoms with Crippen molar-refractivity contribution in [1.29, 1.82) is 0 Å². The summed E-state index contributed by atoms with van der Waals surface area (Å²) in [5.41, 5.74) is 2.98. The summed E-state index contributed by atoms with van der Waals surface area (Å²) in [7, 11) is 0. The molecule has 18 heavy (non-hydrogen) atoms. The zero-order valence-corrected chi connectivity index (χ0v) is 13.3. The number of fused-ring (bicyclic) bond motifs is 1. The number of hydrogen-bond donors (Lipinski definition) is 0. The topological polar surface area (TPSA) is 3.24 Å². The van der Waals surface area contributed by atoms with Gasteiger partial charge in [-0.3, -0.25) is 0 Å². The molecule has 1 heterocycles. The highest BCUT2D eigenvalue weighted by molar-refractivity contribution is 9.09. The van der Waals surface area contributed by atoms with Crippen molar-refractivity contribution < 1.29 is 0 Å². The molecular weight excluding hydrogens is 286 g/mol. The van der Waals surface area contributed by atoms with E-state index in [1.807, 2.05) is 0 Å². The van der Waals surface area contributed by atoms with Gasteiger partial charge in [0.25, 0.3) is 0 Å². The lowest BCUT2D eigenvalue weighted by Gasteiger charge is -2.37. The lowest BCUT2D eigenvalue weighted by atomic mass is 9.91. The summed E-state index contributed by atoms with van der Waals surface area (Å²) < 4.78 is 0. The molecule has 1 aromatic carbocycles. The van der Waals surface area contributed by atoms with E-state index >= 15 is 0 Å². The smallest absolute Gasteiger partial charge is 0.0399 e. The minimum atomic E-state index is 0.725. The van der Waals surface area contributed by atoms with Crippen LogP contribution in [0.5, 0.6) is 0 Å². The highest BCUT2D eigenvalue weighted by Gasteiger charge is 2.24. The zero-order valence-electron chi connectivity index (χ0n) is 11.7. The van der Waals surface area contributed by atoms with Gasteiger partial charge >= 0.3 is 0 Å². The lowest BCUT2D eigenvalue weighted by Crippen LogP contribution is -2.39. The summed E-state index contributed by atoms with van der Waals surface area (Å²) >= 11 is 3.67. The number of rotatable bonds is 4. The van der Waals surface area contributed by atoms with E-state index in [9.17, 15) is 0 Å². The van der Waals surface area contributed by atoms with Crippen molar-refractivity contribution >= 4 is 21.6 Å². The van der Waals surface area contributed by atoms with Crippen LogP contribution >= 0.6 is 15.9 Å². The van der Waals surface area contributed by atoms with Crippen LogP contribution in [0, 0.1) is 17.8 Å². The number of alkyl halides is 1. The number of hydrogen-bond acceptors (Lipinski definition) is 1. The Morgan fingerprint density at radius 1 is 1.33 bits per heavy atom. The standard InChI is InChI=1S/C16H24BrN/c1-12(2)15(9-17)11-18-10-13(3)8-14-6-4-5-7-16(14)18/h4-7,12-13,15H,8-11H2,1-3H3. The molecule has 0 fully saturated rings. The van der Waals surface area contributed by atoms with Gasteiger partial charge in [0.05, 0.1) is 0 Å². The van der Waals surface area contributed by atoms with Gasteiger partial charge in [-0.05, 0) is 35.8 Å². The monoisotopic (exact) mass is 309 g/mol. The van der Waals surface area contributed by atoms with Crippen molar-refractivity contribution in [3.63, 3.8) is 0 Å². The molecule has 2 atom stereocenters. The van der Waals surface area contributed by atoms with Crippen molar-refractivity contribution in [1.82, 2.24) is 0 Å². The molecule has 0 radical (unpaired) electrons. The van der Waals surface area contributed by atoms with Crippen LogP contribution in [-0.2, 0) is 6.42 Å². The van der Waals surface area contributed by atoms with E-state index in [-0.39, 0.29) is 0 Å². The van der Waals surface area contributed by atoms with Crippen LogP contribution in [0.2, 0.25) is 0 Å². The summed E-state index contributed by atoms with van der Waals surface area (Å²) in [5.74, 6) is 2.22. The largest absolute Gasteiger partial charge is 0.371 e. The number of halogens is 1. The fourth-order valence-corrected chi connectivity index (χ4v) is 3.75. The molecule has 1 aromatic rings. The van der Waals surface area contributed by atoms with E-state index in [0.717, 1.165) is 23.1 Å². The van der Waals surface area contributed by atoms with Gasteiger partial charge in [0.15, 0.2) is 0 Å². The Morgan fingerprint density at radius 2 is 2.06 bits per heavy atom. The molecule has 0 saturated heterocycles. The Labute approximate surface area is 120 Å². The van der Waals surface area contributed by atoms with Gasteiger partial charge in [-0.15, -0.1) is 0 Å². The van der Waals surface area contributed by atoms with Crippen LogP contribution in [0.4, 0.5) is 5.69 Å². The van der Waals surface area contributed by atoms with Gasteiger partial charge in [-0.1, -0.05) is 54.9 Å². The SMILES string of the molecule is CC1Cc2ccccc2N(CC(CBr)C(C)C)C1. The van der Waals surface area contributed by atoms with Crippen molar-refractivity contribution in [2.24, 2.45) is 17.8 Å². The Balaban J connectivity index is 2.18. The Kier molecular flexibility index (Phi) is 4.71. The fourth-order valence-electron chi connectivity index (χ4n) is 2.80. The predicted octanol–water partition coefficient (Wildman–Crippen LogP) is 4.35. The molecule has 0 aromatic heterocycles. The quantitative estimate of drug-likeness (QED) is 0.747. The first-order chi connectivity index (χ1) is 8.61. The number of para-hydroxylation sites is 1. The second-order valence-corrected chi connectivity index (χ2v) is 6.65. The molecule has 0 saturated carbocycles. The van der Waals surface area contributed by atoms with Crippen molar-refractivity contribution in [2.45, 2.75) is 27.2 Å². The molecule has 2 unspecified atom stereocenters. The first-order valence-corrected chi connectivity index (χ1v) is 8.12. The van der Waals surface area contributed by atoms with Crippen LogP contribution in [0.3, 0.4) is 0 Å². The maximum absolute atomic E-state index is 3.67. The predicted molar refractivity (Wildman–Crippen MR) is 83.6 cm³/mol. The maximum Gasteiger partial charge on any atom is 0.0399 e. The first-order valence-electron chi connectivity index (χ1n) is 7.00. The van der Waals surface area contributed by atoms with Crippen LogP contribution in [-0.4, -0.2) is 18.4 Å². The van der Waals surface area contributed by atoms with Gasteiger partial charge in [-0.25, -0.2) is 0 Å². The van der Waals surface area contributed by atoms with Crippen molar-refractivity contribution in [3.05, 3.63) is 29.8 Å². The first kappa shape index (κ1) is 13.9. The average Bonchev–Trinajstić information content (AvgIpc) is 2.35. The van der Waals surface area contributed by atoms with Gasteiger partial charge in [0.2, 0.25) is 0 Å². The molecule has 0 amide bonds. The van der Waals surface area contributed by atoms with Crippen molar-refractivity contribution in [3.8, 4) is 0 Å². The summed E-state index contributed by atoms with van der Waals surface area (Å²) in [6.45, 7) is 9.38. The van der Waals surface area contributed by atoms with E-state index in [1.54, 1.807) is 0 Å². The summed E-state index contributed by atoms with van der Waals surface area (Å²) in [6, 6.07) is 8.91. The second kappa shape index (κ2) is 6.10. The van der Waals surface area contributed by atoms with E-state index < -0.39 is 0 Å². The van der Waals surface area contributed by atoms with E-state index in [1.165, 1.54) is 30.8 Å².